The number of alkyl halides is 3. The molecule has 0 atom stereocenters. The first kappa shape index (κ1) is 14.7. The molecule has 0 fully saturated rings. The molecule has 0 aliphatic carbocycles. The zero-order valence-electron chi connectivity index (χ0n) is 9.46. The number of nitrogens with one attached hydrogen (secondary N) is 2. The zero-order chi connectivity index (χ0) is 13.4. The summed E-state index contributed by atoms with van der Waals surface area (Å²) in [6, 6.07) is 9.08. The number of amides is 1. The quantitative estimate of drug-likeness (QED) is 0.785. The van der Waals surface area contributed by atoms with Crippen molar-refractivity contribution >= 4 is 23.4 Å². The van der Waals surface area contributed by atoms with Gasteiger partial charge in [-0.3, -0.25) is 4.79 Å². The average molecular weight is 278 g/mol. The Hall–Kier alpha value is -1.37. The van der Waals surface area contributed by atoms with Gasteiger partial charge in [0, 0.05) is 18.0 Å². The van der Waals surface area contributed by atoms with Gasteiger partial charge in [-0.1, -0.05) is 18.2 Å². The Kier molecular flexibility index (Phi) is 5.84. The summed E-state index contributed by atoms with van der Waals surface area (Å²) >= 11 is -0.145. The third-order valence-corrected chi connectivity index (χ3v) is 2.65. The highest BCUT2D eigenvalue weighted by Crippen LogP contribution is 2.29. The van der Waals surface area contributed by atoms with Gasteiger partial charge in [0.15, 0.2) is 0 Å². The number of halogens is 3. The van der Waals surface area contributed by atoms with Crippen LogP contribution in [0.25, 0.3) is 0 Å². The van der Waals surface area contributed by atoms with Gasteiger partial charge in [-0.2, -0.15) is 13.2 Å². The smallest absolute Gasteiger partial charge is 0.376 e. The predicted molar refractivity (Wildman–Crippen MR) is 66.5 cm³/mol. The van der Waals surface area contributed by atoms with Gasteiger partial charge in [-0.25, -0.2) is 0 Å². The molecule has 100 valence electrons. The molecule has 0 saturated heterocycles. The third-order valence-electron chi connectivity index (χ3n) is 1.92. The van der Waals surface area contributed by atoms with Crippen molar-refractivity contribution in [2.24, 2.45) is 0 Å². The van der Waals surface area contributed by atoms with Crippen LogP contribution in [-0.4, -0.2) is 30.3 Å². The molecule has 0 radical (unpaired) electrons. The van der Waals surface area contributed by atoms with Gasteiger partial charge in [0.1, 0.15) is 0 Å². The fraction of sp³-hybridized carbons (Fsp3) is 0.364. The second-order valence-corrected chi connectivity index (χ2v) is 4.52. The molecular formula is C11H13F3N2OS. The van der Waals surface area contributed by atoms with Crippen molar-refractivity contribution in [3.8, 4) is 0 Å². The van der Waals surface area contributed by atoms with Crippen molar-refractivity contribution in [3.63, 3.8) is 0 Å². The molecule has 0 aliphatic rings. The topological polar surface area (TPSA) is 41.1 Å². The Balaban J connectivity index is 2.11. The molecule has 0 unspecified atom stereocenters. The third kappa shape index (κ3) is 7.05. The molecule has 0 saturated carbocycles. The van der Waals surface area contributed by atoms with Crippen molar-refractivity contribution in [1.29, 1.82) is 0 Å². The summed E-state index contributed by atoms with van der Waals surface area (Å²) in [7, 11) is 0. The van der Waals surface area contributed by atoms with Crippen molar-refractivity contribution < 1.29 is 18.0 Å². The summed E-state index contributed by atoms with van der Waals surface area (Å²) in [5, 5.41) is 5.26. The summed E-state index contributed by atoms with van der Waals surface area (Å²) < 4.78 is 35.4. The molecule has 2 N–H and O–H groups in total. The van der Waals surface area contributed by atoms with Crippen LogP contribution in [0, 0.1) is 0 Å². The molecule has 1 aromatic rings. The summed E-state index contributed by atoms with van der Waals surface area (Å²) in [5.74, 6) is -0.512. The fourth-order valence-corrected chi connectivity index (χ4v) is 1.59. The number of hydrogen-bond acceptors (Lipinski definition) is 3. The molecular weight excluding hydrogens is 265 g/mol. The zero-order valence-corrected chi connectivity index (χ0v) is 10.3. The number of carbonyl (C=O) groups is 1. The normalized spacial score (nSPS) is 11.1. The summed E-state index contributed by atoms with van der Waals surface area (Å²) in [4.78, 5) is 11.3. The molecule has 1 rings (SSSR count). The maximum atomic E-state index is 11.8. The SMILES string of the molecule is O=C(CNc1ccccc1)NCCSC(F)(F)F. The minimum Gasteiger partial charge on any atom is -0.376 e. The van der Waals surface area contributed by atoms with Crippen LogP contribution in [0.15, 0.2) is 30.3 Å². The molecule has 7 heteroatoms. The van der Waals surface area contributed by atoms with Crippen molar-refractivity contribution in [3.05, 3.63) is 30.3 Å². The molecule has 1 amide bonds. The van der Waals surface area contributed by atoms with E-state index in [1.165, 1.54) is 0 Å². The Labute approximate surface area is 107 Å². The largest absolute Gasteiger partial charge is 0.441 e. The number of carbonyl (C=O) groups excluding carboxylic acids is 1. The maximum Gasteiger partial charge on any atom is 0.441 e. The van der Waals surface area contributed by atoms with Crippen LogP contribution in [0.2, 0.25) is 0 Å². The molecule has 0 aliphatic heterocycles. The second-order valence-electron chi connectivity index (χ2n) is 3.36. The number of anilines is 1. The molecule has 1 aromatic carbocycles. The summed E-state index contributed by atoms with van der Waals surface area (Å²) in [6.07, 6.45) is 0. The van der Waals surface area contributed by atoms with E-state index >= 15 is 0 Å². The van der Waals surface area contributed by atoms with E-state index in [0.29, 0.717) is 0 Å². The van der Waals surface area contributed by atoms with Crippen molar-refractivity contribution in [1.82, 2.24) is 5.32 Å². The number of thioether (sulfide) groups is 1. The van der Waals surface area contributed by atoms with Crippen molar-refractivity contribution in [2.75, 3.05) is 24.2 Å². The molecule has 0 heterocycles. The Morgan fingerprint density at radius 1 is 1.22 bits per heavy atom. The van der Waals surface area contributed by atoms with E-state index in [0.717, 1.165) is 5.69 Å². The first-order chi connectivity index (χ1) is 8.47. The Morgan fingerprint density at radius 3 is 2.50 bits per heavy atom. The Morgan fingerprint density at radius 2 is 1.89 bits per heavy atom. The lowest BCUT2D eigenvalue weighted by Crippen LogP contribution is -2.31. The van der Waals surface area contributed by atoms with Gasteiger partial charge in [-0.15, -0.1) is 0 Å². The molecule has 0 bridgehead atoms. The minimum absolute atomic E-state index is 0.000516. The lowest BCUT2D eigenvalue weighted by Gasteiger charge is -2.08. The first-order valence-corrected chi connectivity index (χ1v) is 6.22. The Bertz CT molecular complexity index is 370. The average Bonchev–Trinajstić information content (AvgIpc) is 2.32. The molecule has 18 heavy (non-hydrogen) atoms. The fourth-order valence-electron chi connectivity index (χ4n) is 1.16. The monoisotopic (exact) mass is 278 g/mol. The van der Waals surface area contributed by atoms with Crippen LogP contribution in [0.4, 0.5) is 18.9 Å². The number of hydrogen-bond donors (Lipinski definition) is 2. The lowest BCUT2D eigenvalue weighted by molar-refractivity contribution is -0.119. The standard InChI is InChI=1S/C11H13F3N2OS/c12-11(13,14)18-7-6-15-10(17)8-16-9-4-2-1-3-5-9/h1-5,16H,6-8H2,(H,15,17). The van der Waals surface area contributed by atoms with Crippen LogP contribution in [-0.2, 0) is 4.79 Å². The van der Waals surface area contributed by atoms with Gasteiger partial charge < -0.3 is 10.6 Å². The van der Waals surface area contributed by atoms with Crippen LogP contribution in [0.3, 0.4) is 0 Å². The van der Waals surface area contributed by atoms with E-state index in [2.05, 4.69) is 10.6 Å². The van der Waals surface area contributed by atoms with Crippen LogP contribution >= 0.6 is 11.8 Å². The highest BCUT2D eigenvalue weighted by Gasteiger charge is 2.27. The second kappa shape index (κ2) is 7.15. The van der Waals surface area contributed by atoms with E-state index in [-0.39, 0.29) is 36.5 Å². The van der Waals surface area contributed by atoms with Crippen LogP contribution < -0.4 is 10.6 Å². The van der Waals surface area contributed by atoms with Crippen molar-refractivity contribution in [2.45, 2.75) is 5.51 Å². The first-order valence-electron chi connectivity index (χ1n) is 5.24. The van der Waals surface area contributed by atoms with E-state index in [1.807, 2.05) is 18.2 Å². The van der Waals surface area contributed by atoms with E-state index in [1.54, 1.807) is 12.1 Å². The van der Waals surface area contributed by atoms with Crippen LogP contribution in [0.5, 0.6) is 0 Å². The van der Waals surface area contributed by atoms with Gasteiger partial charge in [0.05, 0.1) is 6.54 Å². The molecule has 0 spiro atoms. The number of rotatable bonds is 6. The molecule has 0 aromatic heterocycles. The number of para-hydroxylation sites is 1. The maximum absolute atomic E-state index is 11.8. The highest BCUT2D eigenvalue weighted by molar-refractivity contribution is 8.00. The summed E-state index contributed by atoms with van der Waals surface area (Å²) in [5.41, 5.74) is -3.45. The predicted octanol–water partition coefficient (Wildman–Crippen LogP) is 2.47. The van der Waals surface area contributed by atoms with Gasteiger partial charge >= 0.3 is 5.51 Å². The van der Waals surface area contributed by atoms with Crippen LogP contribution in [0.1, 0.15) is 0 Å². The van der Waals surface area contributed by atoms with E-state index < -0.39 is 5.51 Å². The minimum atomic E-state index is -4.24. The van der Waals surface area contributed by atoms with E-state index in [4.69, 9.17) is 0 Å². The lowest BCUT2D eigenvalue weighted by atomic mass is 10.3. The molecule has 3 nitrogen and oxygen atoms in total. The highest BCUT2D eigenvalue weighted by atomic mass is 32.2. The van der Waals surface area contributed by atoms with Gasteiger partial charge in [-0.05, 0) is 23.9 Å². The number of benzene rings is 1. The van der Waals surface area contributed by atoms with Gasteiger partial charge in [0.25, 0.3) is 0 Å². The van der Waals surface area contributed by atoms with Gasteiger partial charge in [0.2, 0.25) is 5.91 Å². The summed E-state index contributed by atoms with van der Waals surface area (Å²) in [6.45, 7) is 0.0418. The van der Waals surface area contributed by atoms with E-state index in [9.17, 15) is 18.0 Å².